The number of phenols is 1. The topological polar surface area (TPSA) is 32.3 Å². The van der Waals surface area contributed by atoms with E-state index in [1.54, 1.807) is 0 Å². The highest BCUT2D eigenvalue weighted by molar-refractivity contribution is 7.10. The van der Waals surface area contributed by atoms with Gasteiger partial charge in [-0.1, -0.05) is 0 Å². The lowest BCUT2D eigenvalue weighted by Gasteiger charge is -2.24. The normalized spacial score (nSPS) is 18.3. The van der Waals surface area contributed by atoms with E-state index in [9.17, 15) is 9.50 Å². The monoisotopic (exact) mass is 277 g/mol. The molecule has 0 aliphatic heterocycles. The van der Waals surface area contributed by atoms with Crippen molar-refractivity contribution in [2.75, 3.05) is 0 Å². The Bertz CT molecular complexity index is 581. The molecular formula is C15H16FNOS. The Morgan fingerprint density at radius 1 is 1.37 bits per heavy atom. The summed E-state index contributed by atoms with van der Waals surface area (Å²) >= 11 is 1.81. The van der Waals surface area contributed by atoms with Crippen molar-refractivity contribution in [3.63, 3.8) is 0 Å². The summed E-state index contributed by atoms with van der Waals surface area (Å²) in [5.41, 5.74) is 1.98. The second-order valence-electron chi connectivity index (χ2n) is 4.90. The smallest absolute Gasteiger partial charge is 0.123 e. The number of nitrogens with one attached hydrogen (secondary N) is 1. The Morgan fingerprint density at radius 2 is 2.26 bits per heavy atom. The van der Waals surface area contributed by atoms with Crippen molar-refractivity contribution in [1.82, 2.24) is 5.32 Å². The van der Waals surface area contributed by atoms with Gasteiger partial charge < -0.3 is 10.4 Å². The van der Waals surface area contributed by atoms with Crippen LogP contribution in [0.4, 0.5) is 4.39 Å². The zero-order valence-electron chi connectivity index (χ0n) is 10.5. The molecule has 1 aliphatic rings. The zero-order chi connectivity index (χ0) is 13.2. The number of hydrogen-bond acceptors (Lipinski definition) is 3. The van der Waals surface area contributed by atoms with Crippen molar-refractivity contribution < 1.29 is 9.50 Å². The maximum absolute atomic E-state index is 13.2. The van der Waals surface area contributed by atoms with Gasteiger partial charge in [0, 0.05) is 23.0 Å². The van der Waals surface area contributed by atoms with Crippen LogP contribution in [-0.2, 0) is 13.0 Å². The number of hydrogen-bond donors (Lipinski definition) is 2. The number of phenolic OH excluding ortho intramolecular Hbond substituents is 1. The highest BCUT2D eigenvalue weighted by Gasteiger charge is 2.20. The molecule has 0 saturated carbocycles. The third-order valence-electron chi connectivity index (χ3n) is 3.63. The van der Waals surface area contributed by atoms with Crippen LogP contribution in [-0.4, -0.2) is 5.11 Å². The van der Waals surface area contributed by atoms with Gasteiger partial charge in [-0.05, 0) is 54.5 Å². The molecule has 0 amide bonds. The number of rotatable bonds is 3. The minimum absolute atomic E-state index is 0.148. The van der Waals surface area contributed by atoms with Crippen LogP contribution in [0.1, 0.15) is 34.9 Å². The lowest BCUT2D eigenvalue weighted by molar-refractivity contribution is 0.437. The summed E-state index contributed by atoms with van der Waals surface area (Å²) in [5, 5.41) is 15.3. The Morgan fingerprint density at radius 3 is 3.16 bits per heavy atom. The van der Waals surface area contributed by atoms with Crippen LogP contribution in [0.25, 0.3) is 0 Å². The van der Waals surface area contributed by atoms with E-state index in [0.717, 1.165) is 12.8 Å². The van der Waals surface area contributed by atoms with Crippen LogP contribution in [0.3, 0.4) is 0 Å². The van der Waals surface area contributed by atoms with Crippen LogP contribution in [0.15, 0.2) is 29.6 Å². The molecule has 100 valence electrons. The molecule has 1 aliphatic carbocycles. The van der Waals surface area contributed by atoms with Crippen molar-refractivity contribution >= 4 is 11.3 Å². The SMILES string of the molecule is Oc1ccc(F)cc1CNC1CCCc2sccc21. The van der Waals surface area contributed by atoms with Crippen molar-refractivity contribution in [2.45, 2.75) is 31.8 Å². The molecule has 2 N–H and O–H groups in total. The van der Waals surface area contributed by atoms with Gasteiger partial charge in [0.05, 0.1) is 0 Å². The second kappa shape index (κ2) is 5.31. The van der Waals surface area contributed by atoms with Gasteiger partial charge in [0.15, 0.2) is 0 Å². The van der Waals surface area contributed by atoms with Gasteiger partial charge in [0.1, 0.15) is 11.6 Å². The first-order valence-electron chi connectivity index (χ1n) is 6.51. The van der Waals surface area contributed by atoms with E-state index in [4.69, 9.17) is 0 Å². The van der Waals surface area contributed by atoms with E-state index in [1.807, 2.05) is 11.3 Å². The third kappa shape index (κ3) is 2.65. The Labute approximate surface area is 115 Å². The molecule has 0 bridgehead atoms. The van der Waals surface area contributed by atoms with Crippen molar-refractivity contribution in [2.24, 2.45) is 0 Å². The minimum Gasteiger partial charge on any atom is -0.508 e. The average Bonchev–Trinajstić information content (AvgIpc) is 2.88. The largest absolute Gasteiger partial charge is 0.508 e. The third-order valence-corrected chi connectivity index (χ3v) is 4.63. The second-order valence-corrected chi connectivity index (χ2v) is 5.90. The van der Waals surface area contributed by atoms with Crippen molar-refractivity contribution in [3.05, 3.63) is 51.5 Å². The van der Waals surface area contributed by atoms with Crippen LogP contribution in [0, 0.1) is 5.82 Å². The number of thiophene rings is 1. The summed E-state index contributed by atoms with van der Waals surface area (Å²) in [6.07, 6.45) is 3.44. The van der Waals surface area contributed by atoms with Crippen molar-refractivity contribution in [3.8, 4) is 5.75 Å². The predicted octanol–water partition coefficient (Wildman–Crippen LogP) is 3.76. The van der Waals surface area contributed by atoms with E-state index < -0.39 is 0 Å². The fourth-order valence-corrected chi connectivity index (χ4v) is 3.61. The van der Waals surface area contributed by atoms with Crippen molar-refractivity contribution in [1.29, 1.82) is 0 Å². The molecule has 0 spiro atoms. The minimum atomic E-state index is -0.311. The highest BCUT2D eigenvalue weighted by atomic mass is 32.1. The lowest BCUT2D eigenvalue weighted by atomic mass is 9.94. The first-order valence-corrected chi connectivity index (χ1v) is 7.39. The van der Waals surface area contributed by atoms with Crippen LogP contribution in [0.2, 0.25) is 0 Å². The molecule has 3 rings (SSSR count). The Balaban J connectivity index is 1.72. The van der Waals surface area contributed by atoms with E-state index >= 15 is 0 Å². The first-order chi connectivity index (χ1) is 9.24. The maximum atomic E-state index is 13.2. The summed E-state index contributed by atoms with van der Waals surface area (Å²) in [5.74, 6) is -0.162. The number of fused-ring (bicyclic) bond motifs is 1. The quantitative estimate of drug-likeness (QED) is 0.895. The predicted molar refractivity (Wildman–Crippen MR) is 74.9 cm³/mol. The summed E-state index contributed by atoms with van der Waals surface area (Å²) in [6.45, 7) is 0.490. The number of benzene rings is 1. The summed E-state index contributed by atoms with van der Waals surface area (Å²) in [7, 11) is 0. The van der Waals surface area contributed by atoms with E-state index in [-0.39, 0.29) is 11.6 Å². The van der Waals surface area contributed by atoms with Crippen LogP contribution < -0.4 is 5.32 Å². The lowest BCUT2D eigenvalue weighted by Crippen LogP contribution is -2.23. The van der Waals surface area contributed by atoms with Gasteiger partial charge in [-0.3, -0.25) is 0 Å². The van der Waals surface area contributed by atoms with Crippen LogP contribution in [0.5, 0.6) is 5.75 Å². The van der Waals surface area contributed by atoms with Gasteiger partial charge in [-0.2, -0.15) is 0 Å². The van der Waals surface area contributed by atoms with Crippen LogP contribution >= 0.6 is 11.3 Å². The summed E-state index contributed by atoms with van der Waals surface area (Å²) < 4.78 is 13.2. The maximum Gasteiger partial charge on any atom is 0.123 e. The molecule has 1 unspecified atom stereocenters. The molecule has 1 aromatic carbocycles. The summed E-state index contributed by atoms with van der Waals surface area (Å²) in [4.78, 5) is 1.45. The summed E-state index contributed by atoms with van der Waals surface area (Å²) in [6, 6.07) is 6.55. The van der Waals surface area contributed by atoms with E-state index in [0.29, 0.717) is 18.2 Å². The van der Waals surface area contributed by atoms with E-state index in [2.05, 4.69) is 16.8 Å². The molecule has 1 atom stereocenters. The Hall–Kier alpha value is -1.39. The van der Waals surface area contributed by atoms with Gasteiger partial charge in [0.2, 0.25) is 0 Å². The first kappa shape index (κ1) is 12.6. The molecule has 19 heavy (non-hydrogen) atoms. The molecular weight excluding hydrogens is 261 g/mol. The van der Waals surface area contributed by atoms with Gasteiger partial charge >= 0.3 is 0 Å². The molecule has 2 aromatic rings. The molecule has 4 heteroatoms. The number of aryl methyl sites for hydroxylation is 1. The van der Waals surface area contributed by atoms with Gasteiger partial charge in [-0.15, -0.1) is 11.3 Å². The standard InChI is InChI=1S/C15H16FNOS/c16-11-4-5-14(18)10(8-11)9-17-13-2-1-3-15-12(13)6-7-19-15/h4-8,13,17-18H,1-3,9H2. The highest BCUT2D eigenvalue weighted by Crippen LogP contribution is 2.33. The molecule has 2 nitrogen and oxygen atoms in total. The molecule has 1 heterocycles. The van der Waals surface area contributed by atoms with Gasteiger partial charge in [-0.25, -0.2) is 4.39 Å². The average molecular weight is 277 g/mol. The fourth-order valence-electron chi connectivity index (χ4n) is 2.63. The number of aromatic hydroxyl groups is 1. The fraction of sp³-hybridized carbons (Fsp3) is 0.333. The zero-order valence-corrected chi connectivity index (χ0v) is 11.3. The number of halogens is 1. The molecule has 0 radical (unpaired) electrons. The molecule has 0 saturated heterocycles. The van der Waals surface area contributed by atoms with Gasteiger partial charge in [0.25, 0.3) is 0 Å². The molecule has 0 fully saturated rings. The molecule has 1 aromatic heterocycles. The Kier molecular flexibility index (Phi) is 3.53. The van der Waals surface area contributed by atoms with E-state index in [1.165, 1.54) is 35.1 Å².